The van der Waals surface area contributed by atoms with Crippen molar-refractivity contribution in [1.29, 1.82) is 0 Å². The standard InChI is InChI=1S/C17H18N2O4S/c1-11-18-14(10-24-11)12-3-2-4-13(9-12)15(20)19-7-5-17(23,6-8-19)16(21)22/h2-4,9-10,23H,5-8H2,1H3,(H,21,22). The molecule has 1 fully saturated rings. The molecule has 1 aliphatic rings. The molecule has 7 heteroatoms. The zero-order valence-corrected chi connectivity index (χ0v) is 14.0. The van der Waals surface area contributed by atoms with Crippen molar-refractivity contribution in [1.82, 2.24) is 9.88 Å². The van der Waals surface area contributed by atoms with Crippen LogP contribution in [-0.4, -0.2) is 50.7 Å². The fraction of sp³-hybridized carbons (Fsp3) is 0.353. The fourth-order valence-electron chi connectivity index (χ4n) is 2.78. The minimum absolute atomic E-state index is 0.0407. The van der Waals surface area contributed by atoms with Gasteiger partial charge in [0.25, 0.3) is 5.91 Å². The number of aryl methyl sites for hydroxylation is 1. The van der Waals surface area contributed by atoms with Gasteiger partial charge < -0.3 is 15.1 Å². The van der Waals surface area contributed by atoms with Gasteiger partial charge in [-0.2, -0.15) is 0 Å². The van der Waals surface area contributed by atoms with Crippen molar-refractivity contribution >= 4 is 23.2 Å². The molecule has 0 radical (unpaired) electrons. The third kappa shape index (κ3) is 3.18. The topological polar surface area (TPSA) is 90.7 Å². The molecule has 0 atom stereocenters. The van der Waals surface area contributed by atoms with E-state index < -0.39 is 11.6 Å². The number of piperidine rings is 1. The van der Waals surface area contributed by atoms with Crippen molar-refractivity contribution in [3.63, 3.8) is 0 Å². The van der Waals surface area contributed by atoms with Gasteiger partial charge in [0.2, 0.25) is 0 Å². The number of likely N-dealkylation sites (tertiary alicyclic amines) is 1. The predicted octanol–water partition coefficient (Wildman–Crippen LogP) is 2.17. The van der Waals surface area contributed by atoms with Gasteiger partial charge in [-0.1, -0.05) is 12.1 Å². The molecular weight excluding hydrogens is 328 g/mol. The average Bonchev–Trinajstić information content (AvgIpc) is 3.01. The van der Waals surface area contributed by atoms with Gasteiger partial charge in [0.1, 0.15) is 0 Å². The number of aromatic nitrogens is 1. The first kappa shape index (κ1) is 16.6. The molecule has 6 nitrogen and oxygen atoms in total. The Morgan fingerprint density at radius 3 is 2.58 bits per heavy atom. The molecule has 0 unspecified atom stereocenters. The Labute approximate surface area is 143 Å². The van der Waals surface area contributed by atoms with Crippen LogP contribution in [0.1, 0.15) is 28.2 Å². The van der Waals surface area contributed by atoms with Crippen molar-refractivity contribution in [2.75, 3.05) is 13.1 Å². The van der Waals surface area contributed by atoms with Crippen LogP contribution in [-0.2, 0) is 4.79 Å². The summed E-state index contributed by atoms with van der Waals surface area (Å²) in [6, 6.07) is 7.26. The van der Waals surface area contributed by atoms with Crippen molar-refractivity contribution in [3.8, 4) is 11.3 Å². The summed E-state index contributed by atoms with van der Waals surface area (Å²) < 4.78 is 0. The minimum Gasteiger partial charge on any atom is -0.479 e. The van der Waals surface area contributed by atoms with E-state index in [0.29, 0.717) is 5.56 Å². The van der Waals surface area contributed by atoms with Gasteiger partial charge in [0.05, 0.1) is 10.7 Å². The van der Waals surface area contributed by atoms with Crippen molar-refractivity contribution in [2.24, 2.45) is 0 Å². The molecule has 0 aliphatic carbocycles. The highest BCUT2D eigenvalue weighted by molar-refractivity contribution is 7.09. The van der Waals surface area contributed by atoms with Crippen LogP contribution in [0, 0.1) is 6.92 Å². The first-order valence-corrected chi connectivity index (χ1v) is 8.55. The Hall–Kier alpha value is -2.25. The lowest BCUT2D eigenvalue weighted by Crippen LogP contribution is -2.50. The summed E-state index contributed by atoms with van der Waals surface area (Å²) in [5.41, 5.74) is 0.533. The molecule has 0 bridgehead atoms. The zero-order chi connectivity index (χ0) is 17.3. The van der Waals surface area contributed by atoms with Gasteiger partial charge in [-0.15, -0.1) is 11.3 Å². The summed E-state index contributed by atoms with van der Waals surface area (Å²) in [5.74, 6) is -1.38. The highest BCUT2D eigenvalue weighted by Gasteiger charge is 2.40. The molecule has 2 heterocycles. The van der Waals surface area contributed by atoms with E-state index in [9.17, 15) is 14.7 Å². The lowest BCUT2D eigenvalue weighted by Gasteiger charge is -2.35. The minimum atomic E-state index is -1.73. The first-order chi connectivity index (χ1) is 11.4. The number of nitrogens with zero attached hydrogens (tertiary/aromatic N) is 2. The molecule has 0 spiro atoms. The monoisotopic (exact) mass is 346 g/mol. The molecule has 3 rings (SSSR count). The second-order valence-electron chi connectivity index (χ2n) is 5.96. The van der Waals surface area contributed by atoms with Crippen molar-refractivity contribution in [3.05, 3.63) is 40.2 Å². The number of rotatable bonds is 3. The number of carboxylic acid groups (broad SMARTS) is 1. The number of carbonyl (C=O) groups excluding carboxylic acids is 1. The van der Waals surface area contributed by atoms with E-state index in [1.54, 1.807) is 28.4 Å². The zero-order valence-electron chi connectivity index (χ0n) is 13.2. The lowest BCUT2D eigenvalue weighted by molar-refractivity contribution is -0.162. The largest absolute Gasteiger partial charge is 0.479 e. The molecule has 1 aliphatic heterocycles. The Kier molecular flexibility index (Phi) is 4.38. The number of thiazole rings is 1. The maximum absolute atomic E-state index is 12.6. The normalized spacial score (nSPS) is 16.8. The number of hydrogen-bond acceptors (Lipinski definition) is 5. The van der Waals surface area contributed by atoms with Gasteiger partial charge in [-0.05, 0) is 19.1 Å². The number of carboxylic acids is 1. The van der Waals surface area contributed by atoms with E-state index in [0.717, 1.165) is 16.3 Å². The van der Waals surface area contributed by atoms with E-state index >= 15 is 0 Å². The van der Waals surface area contributed by atoms with Crippen LogP contribution >= 0.6 is 11.3 Å². The Bertz CT molecular complexity index is 778. The summed E-state index contributed by atoms with van der Waals surface area (Å²) in [6.45, 7) is 2.38. The maximum atomic E-state index is 12.6. The summed E-state index contributed by atoms with van der Waals surface area (Å²) in [5, 5.41) is 21.9. The number of hydrogen-bond donors (Lipinski definition) is 2. The van der Waals surface area contributed by atoms with Crippen LogP contribution in [0.3, 0.4) is 0 Å². The molecule has 2 N–H and O–H groups in total. The highest BCUT2D eigenvalue weighted by atomic mass is 32.1. The smallest absolute Gasteiger partial charge is 0.335 e. The fourth-order valence-corrected chi connectivity index (χ4v) is 3.41. The number of amides is 1. The second kappa shape index (κ2) is 6.33. The number of aliphatic hydroxyl groups is 1. The van der Waals surface area contributed by atoms with E-state index in [-0.39, 0.29) is 31.8 Å². The van der Waals surface area contributed by atoms with E-state index in [2.05, 4.69) is 4.98 Å². The average molecular weight is 346 g/mol. The Morgan fingerprint density at radius 2 is 2.00 bits per heavy atom. The summed E-state index contributed by atoms with van der Waals surface area (Å²) in [6.07, 6.45) is 0.0814. The summed E-state index contributed by atoms with van der Waals surface area (Å²) in [4.78, 5) is 29.7. The lowest BCUT2D eigenvalue weighted by atomic mass is 9.91. The number of carbonyl (C=O) groups is 2. The van der Waals surface area contributed by atoms with E-state index in [1.807, 2.05) is 24.4 Å². The van der Waals surface area contributed by atoms with Crippen molar-refractivity contribution in [2.45, 2.75) is 25.4 Å². The van der Waals surface area contributed by atoms with Crippen LogP contribution in [0.2, 0.25) is 0 Å². The molecule has 126 valence electrons. The number of benzene rings is 1. The number of aliphatic carboxylic acids is 1. The molecule has 2 aromatic rings. The first-order valence-electron chi connectivity index (χ1n) is 7.67. The Morgan fingerprint density at radius 1 is 1.29 bits per heavy atom. The third-order valence-corrected chi connectivity index (χ3v) is 5.07. The molecule has 1 aromatic heterocycles. The van der Waals surface area contributed by atoms with Crippen LogP contribution in [0.15, 0.2) is 29.6 Å². The Balaban J connectivity index is 1.76. The summed E-state index contributed by atoms with van der Waals surface area (Å²) >= 11 is 1.55. The van der Waals surface area contributed by atoms with Gasteiger partial charge in [0, 0.05) is 42.4 Å². The molecule has 0 saturated carbocycles. The van der Waals surface area contributed by atoms with Gasteiger partial charge in [-0.25, -0.2) is 9.78 Å². The summed E-state index contributed by atoms with van der Waals surface area (Å²) in [7, 11) is 0. The van der Waals surface area contributed by atoms with Crippen LogP contribution in [0.5, 0.6) is 0 Å². The highest BCUT2D eigenvalue weighted by Crippen LogP contribution is 2.26. The van der Waals surface area contributed by atoms with Gasteiger partial charge in [-0.3, -0.25) is 4.79 Å². The molecule has 24 heavy (non-hydrogen) atoms. The van der Waals surface area contributed by atoms with E-state index in [1.165, 1.54) is 0 Å². The maximum Gasteiger partial charge on any atom is 0.335 e. The van der Waals surface area contributed by atoms with Crippen LogP contribution < -0.4 is 0 Å². The molecule has 1 saturated heterocycles. The molecule has 1 amide bonds. The van der Waals surface area contributed by atoms with Gasteiger partial charge >= 0.3 is 5.97 Å². The van der Waals surface area contributed by atoms with Crippen LogP contribution in [0.25, 0.3) is 11.3 Å². The van der Waals surface area contributed by atoms with Gasteiger partial charge in [0.15, 0.2) is 5.60 Å². The third-order valence-electron chi connectivity index (χ3n) is 4.30. The van der Waals surface area contributed by atoms with E-state index in [4.69, 9.17) is 5.11 Å². The quantitative estimate of drug-likeness (QED) is 0.889. The predicted molar refractivity (Wildman–Crippen MR) is 90.0 cm³/mol. The van der Waals surface area contributed by atoms with Crippen LogP contribution in [0.4, 0.5) is 0 Å². The molecule has 1 aromatic carbocycles. The van der Waals surface area contributed by atoms with Crippen molar-refractivity contribution < 1.29 is 19.8 Å². The second-order valence-corrected chi connectivity index (χ2v) is 7.02. The SMILES string of the molecule is Cc1nc(-c2cccc(C(=O)N3CCC(O)(C(=O)O)CC3)c2)cs1. The molecular formula is C17H18N2O4S.